The van der Waals surface area contributed by atoms with E-state index in [4.69, 9.17) is 27.9 Å². The number of likely N-dealkylation sites (tertiary alicyclic amines) is 1. The molecule has 1 amide bonds. The number of amides is 1. The van der Waals surface area contributed by atoms with Gasteiger partial charge in [-0.2, -0.15) is 0 Å². The predicted molar refractivity (Wildman–Crippen MR) is 127 cm³/mol. The van der Waals surface area contributed by atoms with Crippen molar-refractivity contribution in [3.05, 3.63) is 63.6 Å². The minimum absolute atomic E-state index is 0.0498. The van der Waals surface area contributed by atoms with Crippen LogP contribution in [0.15, 0.2) is 47.7 Å². The summed E-state index contributed by atoms with van der Waals surface area (Å²) in [5.41, 5.74) is 0.789. The van der Waals surface area contributed by atoms with Gasteiger partial charge in [-0.15, -0.1) is 0 Å². The number of ether oxygens (including phenoxy) is 1. The smallest absolute Gasteiger partial charge is 0.245 e. The second-order valence-corrected chi connectivity index (χ2v) is 8.86. The standard InChI is InChI=1S/C22H18BrCl2FN4O2/c1-2-19(31)30-7-5-12(6-8-30)32-18-9-13-17(10-14(18)23)27-11-28-22(13)29-16-4-3-15(24)20(25)21(16)26/h2-4,9-12H,1,5-8H2,(H,27,28,29). The van der Waals surface area contributed by atoms with Gasteiger partial charge in [0.1, 0.15) is 24.0 Å². The highest BCUT2D eigenvalue weighted by molar-refractivity contribution is 9.10. The number of aromatic nitrogens is 2. The third kappa shape index (κ3) is 4.67. The Labute approximate surface area is 202 Å². The van der Waals surface area contributed by atoms with Crippen LogP contribution in [0.1, 0.15) is 12.8 Å². The molecule has 1 aliphatic heterocycles. The van der Waals surface area contributed by atoms with E-state index in [2.05, 4.69) is 37.8 Å². The van der Waals surface area contributed by atoms with E-state index in [9.17, 15) is 9.18 Å². The number of carbonyl (C=O) groups is 1. The normalized spacial score (nSPS) is 14.4. The summed E-state index contributed by atoms with van der Waals surface area (Å²) < 4.78 is 21.5. The van der Waals surface area contributed by atoms with Crippen molar-refractivity contribution >= 4 is 67.4 Å². The van der Waals surface area contributed by atoms with Crippen LogP contribution in [0, 0.1) is 5.82 Å². The van der Waals surface area contributed by atoms with Crippen LogP contribution in [-0.2, 0) is 4.79 Å². The average Bonchev–Trinajstić information content (AvgIpc) is 2.80. The largest absolute Gasteiger partial charge is 0.489 e. The van der Waals surface area contributed by atoms with Gasteiger partial charge >= 0.3 is 0 Å². The quantitative estimate of drug-likeness (QED) is 0.311. The number of anilines is 2. The molecule has 1 aliphatic rings. The molecule has 1 aromatic heterocycles. The Morgan fingerprint density at radius 1 is 1.28 bits per heavy atom. The van der Waals surface area contributed by atoms with Crippen molar-refractivity contribution in [1.82, 2.24) is 14.9 Å². The van der Waals surface area contributed by atoms with Gasteiger partial charge in [-0.3, -0.25) is 4.79 Å². The Morgan fingerprint density at radius 3 is 2.75 bits per heavy atom. The number of benzene rings is 2. The highest BCUT2D eigenvalue weighted by Gasteiger charge is 2.23. The fourth-order valence-electron chi connectivity index (χ4n) is 3.50. The molecule has 0 spiro atoms. The zero-order valence-electron chi connectivity index (χ0n) is 16.7. The van der Waals surface area contributed by atoms with Gasteiger partial charge in [0.25, 0.3) is 0 Å². The number of carbonyl (C=O) groups excluding carboxylic acids is 1. The van der Waals surface area contributed by atoms with E-state index >= 15 is 0 Å². The number of rotatable bonds is 5. The number of nitrogens with zero attached hydrogens (tertiary/aromatic N) is 3. The zero-order chi connectivity index (χ0) is 22.8. The topological polar surface area (TPSA) is 67.3 Å². The van der Waals surface area contributed by atoms with Gasteiger partial charge in [0.05, 0.1) is 25.7 Å². The van der Waals surface area contributed by atoms with Crippen LogP contribution in [-0.4, -0.2) is 40.0 Å². The summed E-state index contributed by atoms with van der Waals surface area (Å²) in [5, 5.41) is 3.58. The van der Waals surface area contributed by atoms with Gasteiger partial charge in [-0.05, 0) is 46.3 Å². The SMILES string of the molecule is C=CC(=O)N1CCC(Oc2cc3c(Nc4ccc(Cl)c(Cl)c4F)ncnc3cc2Br)CC1. The van der Waals surface area contributed by atoms with Crippen LogP contribution in [0.4, 0.5) is 15.9 Å². The van der Waals surface area contributed by atoms with E-state index in [1.165, 1.54) is 24.5 Å². The van der Waals surface area contributed by atoms with Gasteiger partial charge in [0.15, 0.2) is 5.82 Å². The maximum Gasteiger partial charge on any atom is 0.245 e. The molecule has 0 saturated carbocycles. The van der Waals surface area contributed by atoms with Crippen molar-refractivity contribution in [2.45, 2.75) is 18.9 Å². The third-order valence-electron chi connectivity index (χ3n) is 5.20. The van der Waals surface area contributed by atoms with E-state index in [1.54, 1.807) is 11.0 Å². The summed E-state index contributed by atoms with van der Waals surface area (Å²) >= 11 is 15.3. The lowest BCUT2D eigenvalue weighted by atomic mass is 10.1. The van der Waals surface area contributed by atoms with Crippen molar-refractivity contribution in [2.24, 2.45) is 0 Å². The first-order chi connectivity index (χ1) is 15.4. The van der Waals surface area contributed by atoms with Crippen LogP contribution >= 0.6 is 39.1 Å². The van der Waals surface area contributed by atoms with Crippen LogP contribution in [0.5, 0.6) is 5.75 Å². The summed E-state index contributed by atoms with van der Waals surface area (Å²) in [5.74, 6) is 0.271. The highest BCUT2D eigenvalue weighted by atomic mass is 79.9. The van der Waals surface area contributed by atoms with Crippen LogP contribution in [0.25, 0.3) is 10.9 Å². The summed E-state index contributed by atoms with van der Waals surface area (Å²) in [6.07, 6.45) is 4.07. The van der Waals surface area contributed by atoms with Crippen molar-refractivity contribution < 1.29 is 13.9 Å². The lowest BCUT2D eigenvalue weighted by Gasteiger charge is -2.31. The minimum Gasteiger partial charge on any atom is -0.489 e. The average molecular weight is 540 g/mol. The molecule has 10 heteroatoms. The third-order valence-corrected chi connectivity index (χ3v) is 6.60. The van der Waals surface area contributed by atoms with Gasteiger partial charge in [-0.25, -0.2) is 14.4 Å². The molecule has 1 saturated heterocycles. The van der Waals surface area contributed by atoms with Gasteiger partial charge in [0.2, 0.25) is 5.91 Å². The number of piperidine rings is 1. The molecule has 1 N–H and O–H groups in total. The van der Waals surface area contributed by atoms with E-state index in [1.807, 2.05) is 6.07 Å². The Kier molecular flexibility index (Phi) is 6.83. The molecule has 0 radical (unpaired) electrons. The van der Waals surface area contributed by atoms with E-state index in [0.29, 0.717) is 48.4 Å². The molecule has 0 unspecified atom stereocenters. The van der Waals surface area contributed by atoms with Crippen LogP contribution in [0.3, 0.4) is 0 Å². The number of fused-ring (bicyclic) bond motifs is 1. The molecule has 3 aromatic rings. The first-order valence-corrected chi connectivity index (χ1v) is 11.3. The molecule has 32 heavy (non-hydrogen) atoms. The molecular formula is C22H18BrCl2FN4O2. The van der Waals surface area contributed by atoms with E-state index in [0.717, 1.165) is 4.47 Å². The van der Waals surface area contributed by atoms with E-state index in [-0.39, 0.29) is 27.7 Å². The first kappa shape index (κ1) is 22.8. The lowest BCUT2D eigenvalue weighted by Crippen LogP contribution is -2.41. The van der Waals surface area contributed by atoms with E-state index < -0.39 is 5.82 Å². The molecule has 0 atom stereocenters. The summed E-state index contributed by atoms with van der Waals surface area (Å²) in [4.78, 5) is 22.1. The summed E-state index contributed by atoms with van der Waals surface area (Å²) in [6, 6.07) is 6.62. The fourth-order valence-corrected chi connectivity index (χ4v) is 4.24. The second-order valence-electron chi connectivity index (χ2n) is 7.22. The zero-order valence-corrected chi connectivity index (χ0v) is 19.8. The molecule has 0 bridgehead atoms. The molecular weight excluding hydrogens is 522 g/mol. The Hall–Kier alpha value is -2.42. The van der Waals surface area contributed by atoms with Crippen molar-refractivity contribution in [2.75, 3.05) is 18.4 Å². The Morgan fingerprint density at radius 2 is 2.03 bits per heavy atom. The van der Waals surface area contributed by atoms with Crippen molar-refractivity contribution in [1.29, 1.82) is 0 Å². The van der Waals surface area contributed by atoms with Crippen molar-refractivity contribution in [3.63, 3.8) is 0 Å². The van der Waals surface area contributed by atoms with Crippen LogP contribution in [0.2, 0.25) is 10.0 Å². The molecule has 6 nitrogen and oxygen atoms in total. The minimum atomic E-state index is -0.666. The first-order valence-electron chi connectivity index (χ1n) is 9.80. The van der Waals surface area contributed by atoms with Crippen molar-refractivity contribution in [3.8, 4) is 5.75 Å². The van der Waals surface area contributed by atoms with Crippen LogP contribution < -0.4 is 10.1 Å². The molecule has 0 aliphatic carbocycles. The fraction of sp³-hybridized carbons (Fsp3) is 0.227. The highest BCUT2D eigenvalue weighted by Crippen LogP contribution is 2.36. The molecule has 2 heterocycles. The second kappa shape index (κ2) is 9.60. The van der Waals surface area contributed by atoms with Gasteiger partial charge in [-0.1, -0.05) is 29.8 Å². The number of halogens is 4. The predicted octanol–water partition coefficient (Wildman–Crippen LogP) is 6.14. The maximum atomic E-state index is 14.5. The molecule has 166 valence electrons. The number of hydrogen-bond donors (Lipinski definition) is 1. The summed E-state index contributed by atoms with van der Waals surface area (Å²) in [7, 11) is 0. The Balaban J connectivity index is 1.59. The maximum absolute atomic E-state index is 14.5. The Bertz CT molecular complexity index is 1200. The van der Waals surface area contributed by atoms with Gasteiger partial charge in [0, 0.05) is 31.3 Å². The molecule has 2 aromatic carbocycles. The molecule has 1 fully saturated rings. The van der Waals surface area contributed by atoms with Gasteiger partial charge < -0.3 is 15.0 Å². The number of hydrogen-bond acceptors (Lipinski definition) is 5. The summed E-state index contributed by atoms with van der Waals surface area (Å²) in [6.45, 7) is 4.74. The number of nitrogens with one attached hydrogen (secondary N) is 1. The molecule has 4 rings (SSSR count). The lowest BCUT2D eigenvalue weighted by molar-refractivity contribution is -0.127. The monoisotopic (exact) mass is 538 g/mol.